The van der Waals surface area contributed by atoms with Crippen LogP contribution in [0.3, 0.4) is 0 Å². The van der Waals surface area contributed by atoms with E-state index in [-0.39, 0.29) is 0 Å². The molecule has 2 rings (SSSR count). The molecule has 0 spiro atoms. The van der Waals surface area contributed by atoms with Crippen molar-refractivity contribution in [3.8, 4) is 16.9 Å². The minimum absolute atomic E-state index is 0.391. The molecule has 3 nitrogen and oxygen atoms in total. The minimum atomic E-state index is -0.391. The number of aldehydes is 1. The third-order valence-corrected chi connectivity index (χ3v) is 2.48. The van der Waals surface area contributed by atoms with Crippen LogP contribution in [0.25, 0.3) is 11.1 Å². The summed E-state index contributed by atoms with van der Waals surface area (Å²) >= 11 is 0. The van der Waals surface area contributed by atoms with E-state index in [0.717, 1.165) is 0 Å². The Morgan fingerprint density at radius 2 is 2.17 bits per heavy atom. The third kappa shape index (κ3) is 2.53. The number of nitrogens with zero attached hydrogens (tertiary/aromatic N) is 1. The summed E-state index contributed by atoms with van der Waals surface area (Å²) in [5.41, 5.74) is 1.59. The summed E-state index contributed by atoms with van der Waals surface area (Å²) in [5.74, 6) is 0.202. The van der Waals surface area contributed by atoms with Gasteiger partial charge in [0.15, 0.2) is 6.29 Å². The van der Waals surface area contributed by atoms with Crippen LogP contribution in [0.2, 0.25) is 0 Å². The highest BCUT2D eigenvalue weighted by atomic mass is 19.1. The maximum Gasteiger partial charge on any atom is 0.150 e. The molecule has 0 amide bonds. The number of carbonyl (C=O) groups is 1. The van der Waals surface area contributed by atoms with Crippen LogP contribution in [0.1, 0.15) is 17.3 Å². The lowest BCUT2D eigenvalue weighted by atomic mass is 10.0. The van der Waals surface area contributed by atoms with Gasteiger partial charge in [0, 0.05) is 17.3 Å². The van der Waals surface area contributed by atoms with E-state index in [9.17, 15) is 9.18 Å². The first-order valence-electron chi connectivity index (χ1n) is 5.57. The van der Waals surface area contributed by atoms with Gasteiger partial charge in [0.2, 0.25) is 0 Å². The van der Waals surface area contributed by atoms with E-state index in [4.69, 9.17) is 4.74 Å². The molecule has 0 radical (unpaired) electrons. The Bertz CT molecular complexity index is 569. The molecule has 0 unspecified atom stereocenters. The molecular formula is C14H12FNO2. The summed E-state index contributed by atoms with van der Waals surface area (Å²) in [6.07, 6.45) is 3.85. The first-order valence-corrected chi connectivity index (χ1v) is 5.57. The van der Waals surface area contributed by atoms with Gasteiger partial charge in [0.25, 0.3) is 0 Å². The summed E-state index contributed by atoms with van der Waals surface area (Å²) in [7, 11) is 0. The van der Waals surface area contributed by atoms with Gasteiger partial charge >= 0.3 is 0 Å². The average molecular weight is 245 g/mol. The zero-order valence-corrected chi connectivity index (χ0v) is 9.89. The topological polar surface area (TPSA) is 39.2 Å². The summed E-state index contributed by atoms with van der Waals surface area (Å²) in [4.78, 5) is 15.0. The highest BCUT2D eigenvalue weighted by molar-refractivity contribution is 5.87. The van der Waals surface area contributed by atoms with Gasteiger partial charge in [-0.3, -0.25) is 9.78 Å². The van der Waals surface area contributed by atoms with Crippen LogP contribution in [0.15, 0.2) is 36.7 Å². The molecule has 0 aliphatic carbocycles. The van der Waals surface area contributed by atoms with Crippen molar-refractivity contribution >= 4 is 6.29 Å². The van der Waals surface area contributed by atoms with Gasteiger partial charge in [-0.1, -0.05) is 0 Å². The third-order valence-electron chi connectivity index (χ3n) is 2.48. The highest BCUT2D eigenvalue weighted by Crippen LogP contribution is 2.26. The van der Waals surface area contributed by atoms with Crippen molar-refractivity contribution in [1.29, 1.82) is 0 Å². The van der Waals surface area contributed by atoms with Crippen LogP contribution in [-0.4, -0.2) is 17.9 Å². The summed E-state index contributed by atoms with van der Waals surface area (Å²) in [6, 6.07) is 5.76. The predicted octanol–water partition coefficient (Wildman–Crippen LogP) is 3.10. The molecule has 0 bridgehead atoms. The van der Waals surface area contributed by atoms with Crippen LogP contribution in [0.5, 0.6) is 5.75 Å². The van der Waals surface area contributed by atoms with Gasteiger partial charge in [-0.2, -0.15) is 0 Å². The average Bonchev–Trinajstić information content (AvgIpc) is 2.39. The van der Waals surface area contributed by atoms with E-state index in [0.29, 0.717) is 35.3 Å². The van der Waals surface area contributed by atoms with Crippen molar-refractivity contribution in [3.05, 3.63) is 48.0 Å². The Labute approximate surface area is 104 Å². The Morgan fingerprint density at radius 3 is 2.89 bits per heavy atom. The fourth-order valence-corrected chi connectivity index (χ4v) is 1.69. The molecule has 1 aromatic carbocycles. The van der Waals surface area contributed by atoms with Crippen molar-refractivity contribution in [3.63, 3.8) is 0 Å². The number of hydrogen-bond donors (Lipinski definition) is 0. The molecule has 0 N–H and O–H groups in total. The van der Waals surface area contributed by atoms with E-state index < -0.39 is 5.82 Å². The zero-order valence-electron chi connectivity index (χ0n) is 9.89. The molecule has 0 fully saturated rings. The molecule has 0 saturated heterocycles. The van der Waals surface area contributed by atoms with E-state index in [1.54, 1.807) is 18.5 Å². The van der Waals surface area contributed by atoms with Crippen LogP contribution in [-0.2, 0) is 0 Å². The fourth-order valence-electron chi connectivity index (χ4n) is 1.69. The molecule has 1 heterocycles. The van der Waals surface area contributed by atoms with Crippen molar-refractivity contribution in [2.45, 2.75) is 6.92 Å². The van der Waals surface area contributed by atoms with E-state index in [1.807, 2.05) is 6.92 Å². The molecule has 18 heavy (non-hydrogen) atoms. The monoisotopic (exact) mass is 245 g/mol. The van der Waals surface area contributed by atoms with Gasteiger partial charge in [0.1, 0.15) is 11.6 Å². The predicted molar refractivity (Wildman–Crippen MR) is 66.2 cm³/mol. The summed E-state index contributed by atoms with van der Waals surface area (Å²) in [6.45, 7) is 2.39. The van der Waals surface area contributed by atoms with Crippen molar-refractivity contribution in [2.75, 3.05) is 6.61 Å². The number of carbonyl (C=O) groups excluding carboxylic acids is 1. The highest BCUT2D eigenvalue weighted by Gasteiger charge is 2.07. The smallest absolute Gasteiger partial charge is 0.150 e. The van der Waals surface area contributed by atoms with Crippen LogP contribution in [0, 0.1) is 5.82 Å². The minimum Gasteiger partial charge on any atom is -0.492 e. The lowest BCUT2D eigenvalue weighted by Gasteiger charge is -2.07. The quantitative estimate of drug-likeness (QED) is 0.777. The zero-order chi connectivity index (χ0) is 13.0. The van der Waals surface area contributed by atoms with Gasteiger partial charge in [-0.05, 0) is 36.8 Å². The van der Waals surface area contributed by atoms with Crippen LogP contribution in [0.4, 0.5) is 4.39 Å². The molecule has 92 valence electrons. The second-order valence-corrected chi connectivity index (χ2v) is 3.69. The number of ether oxygens (including phenoxy) is 1. The molecule has 0 aliphatic rings. The van der Waals surface area contributed by atoms with E-state index in [1.165, 1.54) is 18.2 Å². The van der Waals surface area contributed by atoms with Gasteiger partial charge < -0.3 is 4.74 Å². The van der Waals surface area contributed by atoms with E-state index >= 15 is 0 Å². The number of halogens is 1. The Balaban J connectivity index is 2.50. The van der Waals surface area contributed by atoms with Crippen molar-refractivity contribution in [2.24, 2.45) is 0 Å². The lowest BCUT2D eigenvalue weighted by Crippen LogP contribution is -1.94. The number of hydrogen-bond acceptors (Lipinski definition) is 3. The Morgan fingerprint density at radius 1 is 1.33 bits per heavy atom. The largest absolute Gasteiger partial charge is 0.492 e. The maximum absolute atomic E-state index is 13.3. The number of aromatic nitrogens is 1. The number of rotatable bonds is 4. The molecule has 0 atom stereocenters. The van der Waals surface area contributed by atoms with Gasteiger partial charge in [-0.15, -0.1) is 0 Å². The second-order valence-electron chi connectivity index (χ2n) is 3.69. The number of benzene rings is 1. The van der Waals surface area contributed by atoms with Gasteiger partial charge in [-0.25, -0.2) is 4.39 Å². The standard InChI is InChI=1S/C14H12FNO2/c1-2-18-13-5-11(7-16-8-13)14-6-12(15)4-3-10(14)9-17/h3-9H,2H2,1H3. The fraction of sp³-hybridized carbons (Fsp3) is 0.143. The molecular weight excluding hydrogens is 233 g/mol. The first-order chi connectivity index (χ1) is 8.74. The molecule has 4 heteroatoms. The molecule has 2 aromatic rings. The normalized spacial score (nSPS) is 10.1. The Hall–Kier alpha value is -2.23. The molecule has 0 aliphatic heterocycles. The second kappa shape index (κ2) is 5.40. The van der Waals surface area contributed by atoms with E-state index in [2.05, 4.69) is 4.98 Å². The number of pyridine rings is 1. The van der Waals surface area contributed by atoms with Crippen molar-refractivity contribution < 1.29 is 13.9 Å². The molecule has 0 saturated carbocycles. The lowest BCUT2D eigenvalue weighted by molar-refractivity contribution is 0.112. The first kappa shape index (κ1) is 12.2. The SMILES string of the molecule is CCOc1cncc(-c2cc(F)ccc2C=O)c1. The molecule has 1 aromatic heterocycles. The Kier molecular flexibility index (Phi) is 3.67. The van der Waals surface area contributed by atoms with Gasteiger partial charge in [0.05, 0.1) is 12.8 Å². The van der Waals surface area contributed by atoms with Crippen molar-refractivity contribution in [1.82, 2.24) is 4.98 Å². The summed E-state index contributed by atoms with van der Waals surface area (Å²) in [5, 5.41) is 0. The van der Waals surface area contributed by atoms with Crippen LogP contribution >= 0.6 is 0 Å². The maximum atomic E-state index is 13.3. The van der Waals surface area contributed by atoms with Crippen LogP contribution < -0.4 is 4.74 Å². The summed E-state index contributed by atoms with van der Waals surface area (Å²) < 4.78 is 18.6.